The third-order valence-electron chi connectivity index (χ3n) is 3.51. The van der Waals surface area contributed by atoms with Crippen molar-refractivity contribution >= 4 is 5.91 Å². The van der Waals surface area contributed by atoms with Gasteiger partial charge in [-0.2, -0.15) is 0 Å². The van der Waals surface area contributed by atoms with Crippen molar-refractivity contribution in [3.63, 3.8) is 0 Å². The Hall–Kier alpha value is -1.49. The summed E-state index contributed by atoms with van der Waals surface area (Å²) in [7, 11) is 0. The van der Waals surface area contributed by atoms with E-state index in [1.54, 1.807) is 0 Å². The number of nitrogens with zero attached hydrogens (tertiary/aromatic N) is 1. The SMILES string of the molecule is O=C(c1cc(F)ccc1F)N1CCCCCC1CO. The molecule has 0 bridgehead atoms. The number of halogens is 2. The Kier molecular flexibility index (Phi) is 4.47. The molecule has 1 amide bonds. The summed E-state index contributed by atoms with van der Waals surface area (Å²) >= 11 is 0. The summed E-state index contributed by atoms with van der Waals surface area (Å²) in [6, 6.07) is 2.54. The summed E-state index contributed by atoms with van der Waals surface area (Å²) in [5.41, 5.74) is -0.264. The molecule has 1 N–H and O–H groups in total. The van der Waals surface area contributed by atoms with Crippen molar-refractivity contribution in [3.05, 3.63) is 35.4 Å². The second-order valence-corrected chi connectivity index (χ2v) is 4.81. The molecule has 1 aliphatic rings. The molecule has 1 saturated heterocycles. The van der Waals surface area contributed by atoms with Gasteiger partial charge in [0.25, 0.3) is 5.91 Å². The molecular formula is C14H17F2NO2. The van der Waals surface area contributed by atoms with Gasteiger partial charge in [-0.25, -0.2) is 8.78 Å². The molecule has 1 aliphatic heterocycles. The van der Waals surface area contributed by atoms with Crippen molar-refractivity contribution in [2.24, 2.45) is 0 Å². The molecule has 3 nitrogen and oxygen atoms in total. The molecule has 104 valence electrons. The highest BCUT2D eigenvalue weighted by molar-refractivity contribution is 5.94. The summed E-state index contributed by atoms with van der Waals surface area (Å²) < 4.78 is 26.8. The molecule has 1 atom stereocenters. The predicted octanol–water partition coefficient (Wildman–Crippen LogP) is 2.34. The van der Waals surface area contributed by atoms with Crippen molar-refractivity contribution in [2.75, 3.05) is 13.2 Å². The van der Waals surface area contributed by atoms with E-state index in [0.29, 0.717) is 13.0 Å². The number of amides is 1. The van der Waals surface area contributed by atoms with E-state index in [2.05, 4.69) is 0 Å². The smallest absolute Gasteiger partial charge is 0.257 e. The summed E-state index contributed by atoms with van der Waals surface area (Å²) in [5.74, 6) is -1.91. The van der Waals surface area contributed by atoms with E-state index in [0.717, 1.165) is 37.5 Å². The molecule has 0 saturated carbocycles. The zero-order valence-electron chi connectivity index (χ0n) is 10.6. The lowest BCUT2D eigenvalue weighted by Crippen LogP contribution is -2.42. The van der Waals surface area contributed by atoms with E-state index < -0.39 is 17.5 Å². The molecule has 1 aromatic rings. The highest BCUT2D eigenvalue weighted by Gasteiger charge is 2.27. The fraction of sp³-hybridized carbons (Fsp3) is 0.500. The summed E-state index contributed by atoms with van der Waals surface area (Å²) in [6.07, 6.45) is 3.42. The molecule has 1 fully saturated rings. The van der Waals surface area contributed by atoms with Crippen molar-refractivity contribution in [1.29, 1.82) is 0 Å². The molecule has 0 spiro atoms. The summed E-state index contributed by atoms with van der Waals surface area (Å²) in [4.78, 5) is 13.8. The number of hydrogen-bond acceptors (Lipinski definition) is 2. The standard InChI is InChI=1S/C14H17F2NO2/c15-10-5-6-13(16)12(8-10)14(19)17-7-3-1-2-4-11(17)9-18/h5-6,8,11,18H,1-4,7,9H2. The predicted molar refractivity (Wildman–Crippen MR) is 66.7 cm³/mol. The van der Waals surface area contributed by atoms with Crippen LogP contribution >= 0.6 is 0 Å². The Bertz CT molecular complexity index is 465. The Labute approximate surface area is 110 Å². The van der Waals surface area contributed by atoms with Crippen LogP contribution in [0.5, 0.6) is 0 Å². The van der Waals surface area contributed by atoms with Crippen LogP contribution < -0.4 is 0 Å². The average molecular weight is 269 g/mol. The second-order valence-electron chi connectivity index (χ2n) is 4.81. The van der Waals surface area contributed by atoms with E-state index in [9.17, 15) is 18.7 Å². The molecule has 0 aromatic heterocycles. The topological polar surface area (TPSA) is 40.5 Å². The fourth-order valence-corrected chi connectivity index (χ4v) is 2.45. The normalized spacial score (nSPS) is 20.2. The highest BCUT2D eigenvalue weighted by Crippen LogP contribution is 2.20. The maximum Gasteiger partial charge on any atom is 0.257 e. The maximum absolute atomic E-state index is 13.6. The third-order valence-corrected chi connectivity index (χ3v) is 3.51. The zero-order chi connectivity index (χ0) is 13.8. The van der Waals surface area contributed by atoms with Gasteiger partial charge >= 0.3 is 0 Å². The number of carbonyl (C=O) groups is 1. The summed E-state index contributed by atoms with van der Waals surface area (Å²) in [5, 5.41) is 9.34. The lowest BCUT2D eigenvalue weighted by molar-refractivity contribution is 0.0594. The molecule has 19 heavy (non-hydrogen) atoms. The van der Waals surface area contributed by atoms with Crippen LogP contribution in [0.4, 0.5) is 8.78 Å². The number of hydrogen-bond donors (Lipinski definition) is 1. The van der Waals surface area contributed by atoms with Crippen molar-refractivity contribution in [2.45, 2.75) is 31.7 Å². The van der Waals surface area contributed by atoms with Gasteiger partial charge in [-0.05, 0) is 31.0 Å². The highest BCUT2D eigenvalue weighted by atomic mass is 19.1. The van der Waals surface area contributed by atoms with E-state index in [1.165, 1.54) is 4.90 Å². The van der Waals surface area contributed by atoms with Crippen LogP contribution in [0.3, 0.4) is 0 Å². The van der Waals surface area contributed by atoms with Crippen LogP contribution in [0.25, 0.3) is 0 Å². The van der Waals surface area contributed by atoms with Crippen LogP contribution in [-0.4, -0.2) is 35.1 Å². The van der Waals surface area contributed by atoms with Gasteiger partial charge in [0.05, 0.1) is 18.2 Å². The number of aliphatic hydroxyl groups excluding tert-OH is 1. The first kappa shape index (κ1) is 13.9. The Morgan fingerprint density at radius 1 is 1.32 bits per heavy atom. The van der Waals surface area contributed by atoms with E-state index in [4.69, 9.17) is 0 Å². The largest absolute Gasteiger partial charge is 0.394 e. The van der Waals surface area contributed by atoms with Gasteiger partial charge in [0.15, 0.2) is 0 Å². The van der Waals surface area contributed by atoms with Crippen molar-refractivity contribution in [3.8, 4) is 0 Å². The fourth-order valence-electron chi connectivity index (χ4n) is 2.45. The molecule has 2 rings (SSSR count). The Morgan fingerprint density at radius 3 is 2.84 bits per heavy atom. The Balaban J connectivity index is 2.27. The van der Waals surface area contributed by atoms with E-state index >= 15 is 0 Å². The molecule has 1 unspecified atom stereocenters. The first-order valence-electron chi connectivity index (χ1n) is 6.50. The quantitative estimate of drug-likeness (QED) is 0.895. The van der Waals surface area contributed by atoms with Crippen LogP contribution in [0.15, 0.2) is 18.2 Å². The number of rotatable bonds is 2. The van der Waals surface area contributed by atoms with Gasteiger partial charge in [0.2, 0.25) is 0 Å². The number of carbonyl (C=O) groups excluding carboxylic acids is 1. The van der Waals surface area contributed by atoms with Crippen LogP contribution in [0.1, 0.15) is 36.0 Å². The minimum Gasteiger partial charge on any atom is -0.394 e. The molecule has 5 heteroatoms. The monoisotopic (exact) mass is 269 g/mol. The van der Waals surface area contributed by atoms with Gasteiger partial charge in [-0.15, -0.1) is 0 Å². The lowest BCUT2D eigenvalue weighted by Gasteiger charge is -2.28. The Morgan fingerprint density at radius 2 is 2.11 bits per heavy atom. The molecule has 1 heterocycles. The van der Waals surface area contributed by atoms with Crippen LogP contribution in [-0.2, 0) is 0 Å². The number of aliphatic hydroxyl groups is 1. The molecule has 0 radical (unpaired) electrons. The second kappa shape index (κ2) is 6.10. The lowest BCUT2D eigenvalue weighted by atomic mass is 10.1. The molecule has 1 aromatic carbocycles. The van der Waals surface area contributed by atoms with Crippen molar-refractivity contribution in [1.82, 2.24) is 4.90 Å². The minimum atomic E-state index is -0.729. The van der Waals surface area contributed by atoms with E-state index in [-0.39, 0.29) is 18.2 Å². The first-order valence-corrected chi connectivity index (χ1v) is 6.50. The summed E-state index contributed by atoms with van der Waals surface area (Å²) in [6.45, 7) is 0.322. The van der Waals surface area contributed by atoms with Gasteiger partial charge in [0.1, 0.15) is 11.6 Å². The third kappa shape index (κ3) is 3.10. The maximum atomic E-state index is 13.6. The molecular weight excluding hydrogens is 252 g/mol. The van der Waals surface area contributed by atoms with Crippen molar-refractivity contribution < 1.29 is 18.7 Å². The number of likely N-dealkylation sites (tertiary alicyclic amines) is 1. The van der Waals surface area contributed by atoms with Gasteiger partial charge in [-0.3, -0.25) is 4.79 Å². The average Bonchev–Trinajstić information content (AvgIpc) is 2.65. The number of benzene rings is 1. The zero-order valence-corrected chi connectivity index (χ0v) is 10.6. The van der Waals surface area contributed by atoms with E-state index in [1.807, 2.05) is 0 Å². The minimum absolute atomic E-state index is 0.150. The van der Waals surface area contributed by atoms with Gasteiger partial charge in [0, 0.05) is 6.54 Å². The molecule has 0 aliphatic carbocycles. The van der Waals surface area contributed by atoms with Gasteiger partial charge in [-0.1, -0.05) is 12.8 Å². The van der Waals surface area contributed by atoms with Crippen LogP contribution in [0.2, 0.25) is 0 Å². The first-order chi connectivity index (χ1) is 9.13. The van der Waals surface area contributed by atoms with Crippen LogP contribution in [0, 0.1) is 11.6 Å². The van der Waals surface area contributed by atoms with Gasteiger partial charge < -0.3 is 10.0 Å².